The van der Waals surface area contributed by atoms with Crippen LogP contribution in [0.15, 0.2) is 65.8 Å². The Hall–Kier alpha value is -2.99. The van der Waals surface area contributed by atoms with Gasteiger partial charge >= 0.3 is 0 Å². The Balaban J connectivity index is 1.30. The summed E-state index contributed by atoms with van der Waals surface area (Å²) >= 11 is 0. The van der Waals surface area contributed by atoms with Gasteiger partial charge in [0, 0.05) is 58.0 Å². The standard InChI is InChI=1S/C28H33F2N5O3S/c1-20-8-9-21(18-34-14-10-27(36,11-15-34)25-7-3-4-12-31-25)16-24(20)39(37,38)33(2)26-23(6-5-13-32-26)35(39)19-22-17-28(22,29)30/h3-9,12-13,16,22,36H,10-11,14-15,17-19H2,1-2H3,(H,37,38). The lowest BCUT2D eigenvalue weighted by Gasteiger charge is -2.52. The maximum Gasteiger partial charge on any atom is 0.253 e. The molecule has 1 aliphatic carbocycles. The van der Waals surface area contributed by atoms with E-state index < -0.39 is 27.2 Å². The first-order valence-corrected chi connectivity index (χ1v) is 15.0. The van der Waals surface area contributed by atoms with Crippen LogP contribution in [0.1, 0.15) is 36.1 Å². The predicted octanol–water partition coefficient (Wildman–Crippen LogP) is 4.36. The van der Waals surface area contributed by atoms with Crippen LogP contribution >= 0.6 is 0 Å². The minimum absolute atomic E-state index is 0.191. The molecule has 3 aromatic rings. The van der Waals surface area contributed by atoms with E-state index in [2.05, 4.69) is 14.9 Å². The van der Waals surface area contributed by atoms with Crippen LogP contribution in [0, 0.1) is 12.8 Å². The molecule has 0 bridgehead atoms. The van der Waals surface area contributed by atoms with Gasteiger partial charge in [0.15, 0.2) is 5.82 Å². The number of piperidine rings is 1. The molecule has 6 rings (SSSR count). The number of hydrogen-bond donors (Lipinski definition) is 2. The third-order valence-electron chi connectivity index (χ3n) is 8.43. The second-order valence-corrected chi connectivity index (χ2v) is 14.1. The summed E-state index contributed by atoms with van der Waals surface area (Å²) in [5.41, 5.74) is 1.48. The van der Waals surface area contributed by atoms with E-state index in [1.165, 1.54) is 21.9 Å². The first-order chi connectivity index (χ1) is 18.4. The molecule has 1 unspecified atom stereocenters. The number of fused-ring (bicyclic) bond motifs is 1. The second kappa shape index (κ2) is 8.76. The Bertz CT molecular complexity index is 1480. The molecule has 2 aromatic heterocycles. The minimum atomic E-state index is -5.02. The molecular formula is C28H33F2N5O3S. The first kappa shape index (κ1) is 26.2. The maximum absolute atomic E-state index is 15.1. The van der Waals surface area contributed by atoms with E-state index in [1.807, 2.05) is 30.3 Å². The van der Waals surface area contributed by atoms with Crippen molar-refractivity contribution in [2.24, 2.45) is 5.92 Å². The molecule has 2 aliphatic heterocycles. The molecule has 1 saturated carbocycles. The fourth-order valence-corrected chi connectivity index (χ4v) is 9.05. The largest absolute Gasteiger partial charge is 0.383 e. The SMILES string of the molecule is Cc1ccc(CN2CCC(O)(c3ccccn3)CC2)cc1S1(=O)(O)N(C)c2ncccc2N1CC1CC1(F)F. The van der Waals surface area contributed by atoms with Gasteiger partial charge in [0.25, 0.3) is 5.92 Å². The topological polar surface area (TPSA) is 93.0 Å². The molecule has 0 spiro atoms. The Kier molecular flexibility index (Phi) is 5.89. The smallest absolute Gasteiger partial charge is 0.253 e. The van der Waals surface area contributed by atoms with Crippen LogP contribution in [-0.2, 0) is 21.9 Å². The molecule has 0 radical (unpaired) electrons. The monoisotopic (exact) mass is 557 g/mol. The average molecular weight is 558 g/mol. The first-order valence-electron chi connectivity index (χ1n) is 13.1. The predicted molar refractivity (Wildman–Crippen MR) is 146 cm³/mol. The summed E-state index contributed by atoms with van der Waals surface area (Å²) in [5.74, 6) is -3.55. The van der Waals surface area contributed by atoms with E-state index in [9.17, 15) is 18.4 Å². The van der Waals surface area contributed by atoms with Crippen molar-refractivity contribution in [3.8, 4) is 0 Å². The summed E-state index contributed by atoms with van der Waals surface area (Å²) in [6, 6.07) is 14.3. The van der Waals surface area contributed by atoms with Crippen LogP contribution in [0.2, 0.25) is 0 Å². The number of nitrogens with zero attached hydrogens (tertiary/aromatic N) is 5. The van der Waals surface area contributed by atoms with E-state index in [0.29, 0.717) is 49.4 Å². The zero-order valence-corrected chi connectivity index (χ0v) is 22.8. The van der Waals surface area contributed by atoms with Crippen LogP contribution in [-0.4, -0.2) is 61.3 Å². The van der Waals surface area contributed by atoms with E-state index in [-0.39, 0.29) is 23.7 Å². The van der Waals surface area contributed by atoms with E-state index in [0.717, 1.165) is 5.56 Å². The lowest BCUT2D eigenvalue weighted by molar-refractivity contribution is -0.0311. The Morgan fingerprint density at radius 2 is 1.79 bits per heavy atom. The van der Waals surface area contributed by atoms with Crippen LogP contribution in [0.3, 0.4) is 0 Å². The highest BCUT2D eigenvalue weighted by Gasteiger charge is 2.61. The maximum atomic E-state index is 15.1. The number of anilines is 2. The lowest BCUT2D eigenvalue weighted by atomic mass is 9.87. The van der Waals surface area contributed by atoms with Gasteiger partial charge in [0.2, 0.25) is 0 Å². The summed E-state index contributed by atoms with van der Waals surface area (Å²) in [6.07, 6.45) is 3.96. The number of halogens is 2. The quantitative estimate of drug-likeness (QED) is 0.468. The molecule has 39 heavy (non-hydrogen) atoms. The Morgan fingerprint density at radius 3 is 2.46 bits per heavy atom. The number of likely N-dealkylation sites (tertiary alicyclic amines) is 1. The molecule has 8 nitrogen and oxygen atoms in total. The van der Waals surface area contributed by atoms with Crippen molar-refractivity contribution >= 4 is 21.2 Å². The molecule has 208 valence electrons. The molecule has 11 heteroatoms. The van der Waals surface area contributed by atoms with Crippen molar-refractivity contribution in [2.45, 2.75) is 49.2 Å². The van der Waals surface area contributed by atoms with Crippen LogP contribution in [0.4, 0.5) is 20.3 Å². The van der Waals surface area contributed by atoms with Crippen molar-refractivity contribution in [3.05, 3.63) is 77.7 Å². The third-order valence-corrected chi connectivity index (χ3v) is 11.9. The van der Waals surface area contributed by atoms with E-state index in [1.54, 1.807) is 31.3 Å². The third kappa shape index (κ3) is 4.14. The summed E-state index contributed by atoms with van der Waals surface area (Å²) in [5, 5.41) is 11.1. The van der Waals surface area contributed by atoms with Crippen molar-refractivity contribution < 1.29 is 22.6 Å². The van der Waals surface area contributed by atoms with Gasteiger partial charge in [-0.3, -0.25) is 18.7 Å². The number of aryl methyl sites for hydroxylation is 1. The molecule has 0 amide bonds. The fraction of sp³-hybridized carbons (Fsp3) is 0.429. The van der Waals surface area contributed by atoms with Crippen LogP contribution in [0.5, 0.6) is 0 Å². The molecule has 3 aliphatic rings. The number of alkyl halides is 2. The zero-order chi connectivity index (χ0) is 27.7. The molecule has 1 saturated heterocycles. The van der Waals surface area contributed by atoms with Gasteiger partial charge in [0.05, 0.1) is 10.6 Å². The molecule has 2 N–H and O–H groups in total. The van der Waals surface area contributed by atoms with Gasteiger partial charge in [-0.15, -0.1) is 0 Å². The highest BCUT2D eigenvalue weighted by Crippen LogP contribution is 2.57. The average Bonchev–Trinajstić information content (AvgIpc) is 3.50. The van der Waals surface area contributed by atoms with Gasteiger partial charge in [-0.2, -0.15) is 4.21 Å². The number of hydrogen-bond acceptors (Lipinski definition) is 5. The molecule has 1 aromatic carbocycles. The van der Waals surface area contributed by atoms with Gasteiger partial charge < -0.3 is 5.11 Å². The van der Waals surface area contributed by atoms with Gasteiger partial charge in [-0.05, 0) is 70.9 Å². The Labute approximate surface area is 226 Å². The van der Waals surface area contributed by atoms with Crippen molar-refractivity contribution in [1.29, 1.82) is 0 Å². The van der Waals surface area contributed by atoms with E-state index in [4.69, 9.17) is 0 Å². The Morgan fingerprint density at radius 1 is 1.08 bits per heavy atom. The number of aromatic nitrogens is 2. The normalized spacial score (nSPS) is 25.5. The van der Waals surface area contributed by atoms with Crippen LogP contribution in [0.25, 0.3) is 0 Å². The number of pyridine rings is 2. The molecule has 1 atom stereocenters. The molecule has 2 fully saturated rings. The van der Waals surface area contributed by atoms with Gasteiger partial charge in [-0.25, -0.2) is 18.1 Å². The fourth-order valence-electron chi connectivity index (χ4n) is 5.83. The van der Waals surface area contributed by atoms with Crippen molar-refractivity contribution in [1.82, 2.24) is 14.9 Å². The van der Waals surface area contributed by atoms with Gasteiger partial charge in [-0.1, -0.05) is 18.2 Å². The summed E-state index contributed by atoms with van der Waals surface area (Å²) in [7, 11) is -3.52. The molecular weight excluding hydrogens is 524 g/mol. The van der Waals surface area contributed by atoms with Gasteiger partial charge in [0.1, 0.15) is 11.3 Å². The molecule has 4 heterocycles. The lowest BCUT2D eigenvalue weighted by Crippen LogP contribution is -2.58. The van der Waals surface area contributed by atoms with Crippen molar-refractivity contribution in [2.75, 3.05) is 35.3 Å². The number of rotatable bonds is 6. The second-order valence-electron chi connectivity index (χ2n) is 11.0. The van der Waals surface area contributed by atoms with E-state index >= 15 is 4.21 Å². The highest BCUT2D eigenvalue weighted by molar-refractivity contribution is 8.17. The van der Waals surface area contributed by atoms with Crippen LogP contribution < -0.4 is 8.61 Å². The highest BCUT2D eigenvalue weighted by atomic mass is 32.3. The minimum Gasteiger partial charge on any atom is -0.383 e. The summed E-state index contributed by atoms with van der Waals surface area (Å²) in [4.78, 5) is 11.1. The summed E-state index contributed by atoms with van der Waals surface area (Å²) < 4.78 is 57.9. The zero-order valence-electron chi connectivity index (χ0n) is 22.0. The summed E-state index contributed by atoms with van der Waals surface area (Å²) in [6.45, 7) is 3.29. The van der Waals surface area contributed by atoms with Crippen molar-refractivity contribution in [3.63, 3.8) is 0 Å². The number of benzene rings is 1. The number of aliphatic hydroxyl groups is 1.